The van der Waals surface area contributed by atoms with Gasteiger partial charge in [-0.2, -0.15) is 0 Å². The summed E-state index contributed by atoms with van der Waals surface area (Å²) in [7, 11) is 0. The molecular weight excluding hydrogens is 418 g/mol. The van der Waals surface area contributed by atoms with Crippen LogP contribution in [0.2, 0.25) is 0 Å². The second kappa shape index (κ2) is 8.15. The van der Waals surface area contributed by atoms with Gasteiger partial charge in [-0.3, -0.25) is 9.69 Å². The van der Waals surface area contributed by atoms with Crippen molar-refractivity contribution < 1.29 is 14.3 Å². The standard InChI is InChI=1S/C23H22BrNO3/c1-5-28-23(27)21-16(4)25(18-11-10-14(2)15(3)12-18)22(26)19(21)13-17-8-6-7-9-20(17)24/h6-13H,5H2,1-4H3/b19-13-. The van der Waals surface area contributed by atoms with Gasteiger partial charge in [0.15, 0.2) is 0 Å². The molecule has 4 nitrogen and oxygen atoms in total. The molecule has 0 spiro atoms. The molecule has 1 amide bonds. The SMILES string of the molecule is CCOC(=O)C1=C(C)N(c2ccc(C)c(C)c2)C(=O)/C1=C\c1ccccc1Br. The summed E-state index contributed by atoms with van der Waals surface area (Å²) in [6, 6.07) is 13.4. The van der Waals surface area contributed by atoms with Gasteiger partial charge in [0.1, 0.15) is 0 Å². The van der Waals surface area contributed by atoms with Gasteiger partial charge in [-0.05, 0) is 68.7 Å². The molecule has 2 aromatic carbocycles. The van der Waals surface area contributed by atoms with Crippen molar-refractivity contribution in [3.63, 3.8) is 0 Å². The summed E-state index contributed by atoms with van der Waals surface area (Å²) in [5, 5.41) is 0. The first-order valence-corrected chi connectivity index (χ1v) is 9.90. The van der Waals surface area contributed by atoms with Crippen molar-refractivity contribution >= 4 is 39.6 Å². The van der Waals surface area contributed by atoms with Gasteiger partial charge < -0.3 is 4.74 Å². The lowest BCUT2D eigenvalue weighted by molar-refractivity contribution is -0.138. The maximum atomic E-state index is 13.3. The fraction of sp³-hybridized carbons (Fsp3) is 0.217. The fourth-order valence-corrected chi connectivity index (χ4v) is 3.60. The maximum absolute atomic E-state index is 13.3. The zero-order chi connectivity index (χ0) is 20.4. The van der Waals surface area contributed by atoms with Gasteiger partial charge in [-0.1, -0.05) is 40.2 Å². The molecule has 2 aromatic rings. The normalized spacial score (nSPS) is 15.5. The Bertz CT molecular complexity index is 1020. The summed E-state index contributed by atoms with van der Waals surface area (Å²) in [5.74, 6) is -0.724. The molecule has 0 fully saturated rings. The number of allylic oxidation sites excluding steroid dienone is 1. The van der Waals surface area contributed by atoms with Crippen molar-refractivity contribution in [2.24, 2.45) is 0 Å². The smallest absolute Gasteiger partial charge is 0.340 e. The van der Waals surface area contributed by atoms with E-state index in [4.69, 9.17) is 4.74 Å². The van der Waals surface area contributed by atoms with E-state index in [1.165, 1.54) is 0 Å². The molecule has 0 saturated carbocycles. The number of ether oxygens (including phenoxy) is 1. The van der Waals surface area contributed by atoms with Crippen LogP contribution < -0.4 is 4.90 Å². The molecule has 3 rings (SSSR count). The van der Waals surface area contributed by atoms with Crippen LogP contribution in [0.4, 0.5) is 5.69 Å². The monoisotopic (exact) mass is 439 g/mol. The first-order valence-electron chi connectivity index (χ1n) is 9.11. The van der Waals surface area contributed by atoms with Gasteiger partial charge in [0.25, 0.3) is 5.91 Å². The molecule has 0 atom stereocenters. The summed E-state index contributed by atoms with van der Waals surface area (Å²) in [5.41, 5.74) is 5.00. The zero-order valence-electron chi connectivity index (χ0n) is 16.4. The topological polar surface area (TPSA) is 46.6 Å². The van der Waals surface area contributed by atoms with E-state index in [-0.39, 0.29) is 12.5 Å². The molecule has 0 aromatic heterocycles. The molecule has 0 radical (unpaired) electrons. The van der Waals surface area contributed by atoms with Crippen molar-refractivity contribution in [2.45, 2.75) is 27.7 Å². The highest BCUT2D eigenvalue weighted by molar-refractivity contribution is 9.10. The summed E-state index contributed by atoms with van der Waals surface area (Å²) in [6.45, 7) is 7.80. The van der Waals surface area contributed by atoms with Gasteiger partial charge in [0.05, 0.1) is 17.8 Å². The third-order valence-corrected chi connectivity index (χ3v) is 5.56. The lowest BCUT2D eigenvalue weighted by Crippen LogP contribution is -2.24. The van der Waals surface area contributed by atoms with Crippen LogP contribution in [0.1, 0.15) is 30.5 Å². The lowest BCUT2D eigenvalue weighted by Gasteiger charge is -2.19. The van der Waals surface area contributed by atoms with Gasteiger partial charge in [-0.15, -0.1) is 0 Å². The van der Waals surface area contributed by atoms with Crippen LogP contribution in [-0.2, 0) is 14.3 Å². The van der Waals surface area contributed by atoms with Gasteiger partial charge in [-0.25, -0.2) is 4.79 Å². The van der Waals surface area contributed by atoms with Crippen LogP contribution in [0.15, 0.2) is 63.8 Å². The summed E-state index contributed by atoms with van der Waals surface area (Å²) in [6.07, 6.45) is 1.74. The number of aryl methyl sites for hydroxylation is 2. The molecule has 0 saturated heterocycles. The molecule has 0 bridgehead atoms. The predicted molar refractivity (Wildman–Crippen MR) is 115 cm³/mol. The molecule has 0 N–H and O–H groups in total. The highest BCUT2D eigenvalue weighted by Crippen LogP contribution is 2.36. The van der Waals surface area contributed by atoms with Crippen LogP contribution in [0.3, 0.4) is 0 Å². The molecule has 1 heterocycles. The number of halogens is 1. The van der Waals surface area contributed by atoms with Crippen molar-refractivity contribution in [3.05, 3.63) is 80.5 Å². The van der Waals surface area contributed by atoms with Crippen molar-refractivity contribution in [2.75, 3.05) is 11.5 Å². The largest absolute Gasteiger partial charge is 0.462 e. The average Bonchev–Trinajstić information content (AvgIpc) is 2.90. The Morgan fingerprint density at radius 1 is 1.11 bits per heavy atom. The highest BCUT2D eigenvalue weighted by Gasteiger charge is 2.38. The van der Waals surface area contributed by atoms with E-state index in [0.29, 0.717) is 16.8 Å². The number of nitrogens with zero attached hydrogens (tertiary/aromatic N) is 1. The van der Waals surface area contributed by atoms with E-state index >= 15 is 0 Å². The zero-order valence-corrected chi connectivity index (χ0v) is 18.0. The van der Waals surface area contributed by atoms with E-state index in [9.17, 15) is 9.59 Å². The first-order chi connectivity index (χ1) is 13.3. The van der Waals surface area contributed by atoms with E-state index in [1.54, 1.807) is 24.8 Å². The van der Waals surface area contributed by atoms with Gasteiger partial charge >= 0.3 is 5.97 Å². The van der Waals surface area contributed by atoms with Crippen LogP contribution in [0.5, 0.6) is 0 Å². The third kappa shape index (κ3) is 3.67. The third-order valence-electron chi connectivity index (χ3n) is 4.83. The first kappa shape index (κ1) is 20.1. The Labute approximate surface area is 173 Å². The number of amides is 1. The van der Waals surface area contributed by atoms with Crippen LogP contribution >= 0.6 is 15.9 Å². The van der Waals surface area contributed by atoms with E-state index in [2.05, 4.69) is 15.9 Å². The Morgan fingerprint density at radius 2 is 1.82 bits per heavy atom. The molecule has 1 aliphatic heterocycles. The Balaban J connectivity index is 2.17. The molecule has 144 valence electrons. The summed E-state index contributed by atoms with van der Waals surface area (Å²) < 4.78 is 6.09. The number of carbonyl (C=O) groups is 2. The Hall–Kier alpha value is -2.66. The molecule has 5 heteroatoms. The Morgan fingerprint density at radius 3 is 2.46 bits per heavy atom. The van der Waals surface area contributed by atoms with E-state index < -0.39 is 5.97 Å². The molecular formula is C23H22BrNO3. The second-order valence-electron chi connectivity index (χ2n) is 6.67. The highest BCUT2D eigenvalue weighted by atomic mass is 79.9. The van der Waals surface area contributed by atoms with Crippen molar-refractivity contribution in [1.29, 1.82) is 0 Å². The lowest BCUT2D eigenvalue weighted by atomic mass is 10.0. The molecule has 28 heavy (non-hydrogen) atoms. The van der Waals surface area contributed by atoms with Crippen LogP contribution in [0, 0.1) is 13.8 Å². The molecule has 0 aliphatic carbocycles. The van der Waals surface area contributed by atoms with Crippen LogP contribution in [0.25, 0.3) is 6.08 Å². The number of benzene rings is 2. The maximum Gasteiger partial charge on any atom is 0.340 e. The fourth-order valence-electron chi connectivity index (χ4n) is 3.20. The van der Waals surface area contributed by atoms with Crippen molar-refractivity contribution in [3.8, 4) is 0 Å². The molecule has 0 unspecified atom stereocenters. The molecule has 1 aliphatic rings. The number of hydrogen-bond acceptors (Lipinski definition) is 3. The minimum atomic E-state index is -0.488. The van der Waals surface area contributed by atoms with E-state index in [1.807, 2.05) is 56.3 Å². The number of anilines is 1. The van der Waals surface area contributed by atoms with Gasteiger partial charge in [0.2, 0.25) is 0 Å². The summed E-state index contributed by atoms with van der Waals surface area (Å²) in [4.78, 5) is 27.6. The quantitative estimate of drug-likeness (QED) is 0.477. The van der Waals surface area contributed by atoms with Gasteiger partial charge in [0, 0.05) is 15.9 Å². The van der Waals surface area contributed by atoms with Crippen LogP contribution in [-0.4, -0.2) is 18.5 Å². The van der Waals surface area contributed by atoms with E-state index in [0.717, 1.165) is 26.9 Å². The number of rotatable bonds is 4. The van der Waals surface area contributed by atoms with Crippen molar-refractivity contribution in [1.82, 2.24) is 0 Å². The average molecular weight is 440 g/mol. The minimum Gasteiger partial charge on any atom is -0.462 e. The minimum absolute atomic E-state index is 0.237. The number of carbonyl (C=O) groups excluding carboxylic acids is 2. The second-order valence-corrected chi connectivity index (χ2v) is 7.52. The number of hydrogen-bond donors (Lipinski definition) is 0. The number of esters is 1. The Kier molecular flexibility index (Phi) is 5.84. The predicted octanol–water partition coefficient (Wildman–Crippen LogP) is 5.33. The summed E-state index contributed by atoms with van der Waals surface area (Å²) >= 11 is 3.50.